The summed E-state index contributed by atoms with van der Waals surface area (Å²) in [7, 11) is 0. The molecule has 1 aliphatic carbocycles. The molecule has 0 unspecified atom stereocenters. The Kier molecular flexibility index (Phi) is 4.16. The van der Waals surface area contributed by atoms with E-state index >= 15 is 0 Å². The minimum atomic E-state index is 0.267. The number of hydrogen-bond acceptors (Lipinski definition) is 6. The Hall–Kier alpha value is -3.42. The molecule has 8 heteroatoms. The molecule has 0 bridgehead atoms. The van der Waals surface area contributed by atoms with E-state index in [4.69, 9.17) is 5.73 Å². The fourth-order valence-corrected chi connectivity index (χ4v) is 3.88. The standard InChI is InChI=1S/C20H22N8/c21-20-25-18(17-19(26-20)27(13-23-17)15-4-1-2-5-15)22-12-14-6-8-16(9-7-14)28-11-3-10-24-28/h3,6-11,13,15H,1-2,4-5,12H2,(H3,21,22,25,26). The number of rotatable bonds is 5. The topological polar surface area (TPSA) is 99.5 Å². The summed E-state index contributed by atoms with van der Waals surface area (Å²) in [5.74, 6) is 0.944. The van der Waals surface area contributed by atoms with Crippen LogP contribution in [0.4, 0.5) is 11.8 Å². The van der Waals surface area contributed by atoms with Gasteiger partial charge in [-0.3, -0.25) is 0 Å². The van der Waals surface area contributed by atoms with Gasteiger partial charge < -0.3 is 15.6 Å². The predicted molar refractivity (Wildman–Crippen MR) is 108 cm³/mol. The number of nitrogen functional groups attached to an aromatic ring is 1. The average molecular weight is 374 g/mol. The number of fused-ring (bicyclic) bond motifs is 1. The summed E-state index contributed by atoms with van der Waals surface area (Å²) >= 11 is 0. The molecular weight excluding hydrogens is 352 g/mol. The van der Waals surface area contributed by atoms with Crippen LogP contribution in [-0.2, 0) is 6.54 Å². The van der Waals surface area contributed by atoms with Crippen LogP contribution in [0.25, 0.3) is 16.9 Å². The first kappa shape index (κ1) is 16.7. The molecule has 1 aliphatic rings. The van der Waals surface area contributed by atoms with Crippen molar-refractivity contribution in [1.29, 1.82) is 0 Å². The third-order valence-corrected chi connectivity index (χ3v) is 5.32. The van der Waals surface area contributed by atoms with Crippen molar-refractivity contribution < 1.29 is 0 Å². The molecule has 1 fully saturated rings. The molecule has 142 valence electrons. The van der Waals surface area contributed by atoms with E-state index in [9.17, 15) is 0 Å². The second-order valence-electron chi connectivity index (χ2n) is 7.16. The van der Waals surface area contributed by atoms with Gasteiger partial charge in [0.05, 0.1) is 12.0 Å². The first-order valence-electron chi connectivity index (χ1n) is 9.61. The molecule has 1 aromatic carbocycles. The van der Waals surface area contributed by atoms with Crippen molar-refractivity contribution in [3.63, 3.8) is 0 Å². The van der Waals surface area contributed by atoms with E-state index in [-0.39, 0.29) is 5.95 Å². The van der Waals surface area contributed by atoms with Gasteiger partial charge in [0.25, 0.3) is 0 Å². The van der Waals surface area contributed by atoms with E-state index in [1.165, 1.54) is 25.7 Å². The molecule has 0 radical (unpaired) electrons. The number of nitrogens with two attached hydrogens (primary N) is 1. The van der Waals surface area contributed by atoms with Crippen LogP contribution in [0.15, 0.2) is 49.1 Å². The minimum Gasteiger partial charge on any atom is -0.368 e. The van der Waals surface area contributed by atoms with Crippen LogP contribution >= 0.6 is 0 Å². The van der Waals surface area contributed by atoms with Crippen LogP contribution in [0.1, 0.15) is 37.3 Å². The van der Waals surface area contributed by atoms with E-state index in [0.29, 0.717) is 18.4 Å². The SMILES string of the molecule is Nc1nc(NCc2ccc(-n3cccn3)cc2)c2ncn(C3CCCC3)c2n1. The second kappa shape index (κ2) is 6.95. The lowest BCUT2D eigenvalue weighted by molar-refractivity contribution is 0.529. The molecule has 3 N–H and O–H groups in total. The monoisotopic (exact) mass is 374 g/mol. The summed E-state index contributed by atoms with van der Waals surface area (Å²) in [5, 5.41) is 7.62. The fraction of sp³-hybridized carbons (Fsp3) is 0.300. The first-order chi connectivity index (χ1) is 13.8. The summed E-state index contributed by atoms with van der Waals surface area (Å²) in [6.45, 7) is 0.626. The maximum atomic E-state index is 5.98. The summed E-state index contributed by atoms with van der Waals surface area (Å²) < 4.78 is 3.99. The van der Waals surface area contributed by atoms with E-state index in [2.05, 4.69) is 42.1 Å². The van der Waals surface area contributed by atoms with Crippen LogP contribution in [-0.4, -0.2) is 29.3 Å². The number of hydrogen-bond donors (Lipinski definition) is 2. The summed E-state index contributed by atoms with van der Waals surface area (Å²) in [6.07, 6.45) is 10.4. The smallest absolute Gasteiger partial charge is 0.224 e. The molecule has 0 aliphatic heterocycles. The third-order valence-electron chi connectivity index (χ3n) is 5.32. The maximum Gasteiger partial charge on any atom is 0.224 e. The van der Waals surface area contributed by atoms with Gasteiger partial charge in [-0.2, -0.15) is 15.1 Å². The highest BCUT2D eigenvalue weighted by Crippen LogP contribution is 2.32. The number of anilines is 2. The highest BCUT2D eigenvalue weighted by atomic mass is 15.3. The van der Waals surface area contributed by atoms with Gasteiger partial charge in [0.1, 0.15) is 0 Å². The predicted octanol–water partition coefficient (Wildman–Crippen LogP) is 3.32. The van der Waals surface area contributed by atoms with E-state index < -0.39 is 0 Å². The molecule has 5 rings (SSSR count). The Morgan fingerprint density at radius 1 is 1.11 bits per heavy atom. The Bertz CT molecular complexity index is 1080. The summed E-state index contributed by atoms with van der Waals surface area (Å²) in [5.41, 5.74) is 9.73. The maximum absolute atomic E-state index is 5.98. The van der Waals surface area contributed by atoms with Crippen molar-refractivity contribution in [3.05, 3.63) is 54.6 Å². The zero-order chi connectivity index (χ0) is 18.9. The van der Waals surface area contributed by atoms with E-state index in [1.807, 2.05) is 35.4 Å². The van der Waals surface area contributed by atoms with Crippen LogP contribution in [0.2, 0.25) is 0 Å². The number of aromatic nitrogens is 6. The molecule has 0 atom stereocenters. The zero-order valence-corrected chi connectivity index (χ0v) is 15.5. The lowest BCUT2D eigenvalue weighted by atomic mass is 10.2. The largest absolute Gasteiger partial charge is 0.368 e. The molecule has 0 spiro atoms. The van der Waals surface area contributed by atoms with Gasteiger partial charge in [-0.25, -0.2) is 9.67 Å². The fourth-order valence-electron chi connectivity index (χ4n) is 3.88. The lowest BCUT2D eigenvalue weighted by Gasteiger charge is -2.12. The molecule has 4 aromatic rings. The van der Waals surface area contributed by atoms with Crippen molar-refractivity contribution in [2.75, 3.05) is 11.1 Å². The summed E-state index contributed by atoms with van der Waals surface area (Å²) in [4.78, 5) is 13.4. The van der Waals surface area contributed by atoms with Gasteiger partial charge in [0, 0.05) is 25.0 Å². The van der Waals surface area contributed by atoms with Crippen molar-refractivity contribution in [2.45, 2.75) is 38.3 Å². The molecule has 0 amide bonds. The Balaban J connectivity index is 1.37. The van der Waals surface area contributed by atoms with Crippen LogP contribution < -0.4 is 11.1 Å². The normalized spacial score (nSPS) is 14.7. The number of benzene rings is 1. The van der Waals surface area contributed by atoms with Gasteiger partial charge in [0.2, 0.25) is 5.95 Å². The van der Waals surface area contributed by atoms with Gasteiger partial charge in [-0.05, 0) is 36.6 Å². The van der Waals surface area contributed by atoms with Crippen molar-refractivity contribution in [1.82, 2.24) is 29.3 Å². The molecule has 3 heterocycles. The molecule has 28 heavy (non-hydrogen) atoms. The molecule has 8 nitrogen and oxygen atoms in total. The first-order valence-corrected chi connectivity index (χ1v) is 9.61. The Labute approximate surface area is 162 Å². The minimum absolute atomic E-state index is 0.267. The second-order valence-corrected chi connectivity index (χ2v) is 7.16. The average Bonchev–Trinajstić information content (AvgIpc) is 3.47. The van der Waals surface area contributed by atoms with Gasteiger partial charge in [0.15, 0.2) is 17.0 Å². The van der Waals surface area contributed by atoms with Crippen molar-refractivity contribution >= 4 is 22.9 Å². The molecule has 1 saturated carbocycles. The van der Waals surface area contributed by atoms with Crippen LogP contribution in [0.3, 0.4) is 0 Å². The van der Waals surface area contributed by atoms with Crippen LogP contribution in [0, 0.1) is 0 Å². The molecule has 3 aromatic heterocycles. The third kappa shape index (κ3) is 3.06. The van der Waals surface area contributed by atoms with Gasteiger partial charge in [-0.1, -0.05) is 25.0 Å². The van der Waals surface area contributed by atoms with Gasteiger partial charge in [-0.15, -0.1) is 0 Å². The number of nitrogens with zero attached hydrogens (tertiary/aromatic N) is 6. The number of imidazole rings is 1. The number of nitrogens with one attached hydrogen (secondary N) is 1. The van der Waals surface area contributed by atoms with Crippen LogP contribution in [0.5, 0.6) is 0 Å². The lowest BCUT2D eigenvalue weighted by Crippen LogP contribution is -2.08. The highest BCUT2D eigenvalue weighted by Gasteiger charge is 2.21. The molecule has 0 saturated heterocycles. The van der Waals surface area contributed by atoms with Crippen molar-refractivity contribution in [3.8, 4) is 5.69 Å². The highest BCUT2D eigenvalue weighted by molar-refractivity contribution is 5.84. The zero-order valence-electron chi connectivity index (χ0n) is 15.5. The summed E-state index contributed by atoms with van der Waals surface area (Å²) in [6, 6.07) is 10.6. The Morgan fingerprint density at radius 3 is 2.68 bits per heavy atom. The molecular formula is C20H22N8. The van der Waals surface area contributed by atoms with Gasteiger partial charge >= 0.3 is 0 Å². The quantitative estimate of drug-likeness (QED) is 0.556. The van der Waals surface area contributed by atoms with E-state index in [1.54, 1.807) is 6.20 Å². The Morgan fingerprint density at radius 2 is 1.93 bits per heavy atom. The van der Waals surface area contributed by atoms with Crippen molar-refractivity contribution in [2.24, 2.45) is 0 Å². The van der Waals surface area contributed by atoms with E-state index in [0.717, 1.165) is 22.4 Å².